The van der Waals surface area contributed by atoms with Crippen LogP contribution in [0.5, 0.6) is 0 Å². The Labute approximate surface area is 119 Å². The molecule has 0 spiro atoms. The Morgan fingerprint density at radius 3 is 2.89 bits per heavy atom. The number of piperidine rings is 1. The average Bonchev–Trinajstić information content (AvgIpc) is 2.83. The van der Waals surface area contributed by atoms with Crippen LogP contribution in [0.25, 0.3) is 0 Å². The SMILES string of the molecule is Cc1ncc(C(=O)N(CC2CCCCN2)C(C)C)s1. The van der Waals surface area contributed by atoms with Crippen LogP contribution in [0.3, 0.4) is 0 Å². The predicted molar refractivity (Wildman–Crippen MR) is 78.7 cm³/mol. The van der Waals surface area contributed by atoms with Crippen molar-refractivity contribution in [2.24, 2.45) is 0 Å². The Bertz CT molecular complexity index is 424. The van der Waals surface area contributed by atoms with E-state index in [1.807, 2.05) is 11.8 Å². The molecule has 4 nitrogen and oxygen atoms in total. The number of carbonyl (C=O) groups is 1. The lowest BCUT2D eigenvalue weighted by molar-refractivity contribution is 0.0681. The first-order valence-electron chi connectivity index (χ1n) is 7.04. The first-order chi connectivity index (χ1) is 9.08. The summed E-state index contributed by atoms with van der Waals surface area (Å²) in [6.07, 6.45) is 5.38. The fourth-order valence-corrected chi connectivity index (χ4v) is 3.18. The highest BCUT2D eigenvalue weighted by molar-refractivity contribution is 7.13. The number of thiazole rings is 1. The first-order valence-corrected chi connectivity index (χ1v) is 7.86. The number of rotatable bonds is 4. The van der Waals surface area contributed by atoms with E-state index in [0.29, 0.717) is 6.04 Å². The second-order valence-corrected chi connectivity index (χ2v) is 6.68. The van der Waals surface area contributed by atoms with Crippen molar-refractivity contribution >= 4 is 17.2 Å². The van der Waals surface area contributed by atoms with Gasteiger partial charge in [0.05, 0.1) is 11.2 Å². The summed E-state index contributed by atoms with van der Waals surface area (Å²) in [5, 5.41) is 4.46. The highest BCUT2D eigenvalue weighted by Gasteiger charge is 2.24. The maximum Gasteiger partial charge on any atom is 0.265 e. The zero-order valence-corrected chi connectivity index (χ0v) is 12.8. The zero-order chi connectivity index (χ0) is 13.8. The van der Waals surface area contributed by atoms with Gasteiger partial charge in [-0.25, -0.2) is 4.98 Å². The van der Waals surface area contributed by atoms with Crippen molar-refractivity contribution < 1.29 is 4.79 Å². The van der Waals surface area contributed by atoms with Crippen molar-refractivity contribution in [3.8, 4) is 0 Å². The minimum atomic E-state index is 0.118. The summed E-state index contributed by atoms with van der Waals surface area (Å²) in [6, 6.07) is 0.660. The van der Waals surface area contributed by atoms with Crippen LogP contribution in [-0.2, 0) is 0 Å². The van der Waals surface area contributed by atoms with Gasteiger partial charge in [0.2, 0.25) is 0 Å². The van der Waals surface area contributed by atoms with E-state index in [-0.39, 0.29) is 11.9 Å². The Kier molecular flexibility index (Phi) is 4.93. The van der Waals surface area contributed by atoms with Gasteiger partial charge in [-0.15, -0.1) is 11.3 Å². The van der Waals surface area contributed by atoms with E-state index in [9.17, 15) is 4.79 Å². The van der Waals surface area contributed by atoms with Crippen LogP contribution in [-0.4, -0.2) is 41.0 Å². The molecule has 1 fully saturated rings. The lowest BCUT2D eigenvalue weighted by Gasteiger charge is -2.32. The molecule has 1 N–H and O–H groups in total. The van der Waals surface area contributed by atoms with Crippen molar-refractivity contribution in [3.05, 3.63) is 16.1 Å². The molecule has 1 aromatic rings. The van der Waals surface area contributed by atoms with E-state index in [1.54, 1.807) is 6.20 Å². The van der Waals surface area contributed by atoms with Gasteiger partial charge in [0, 0.05) is 18.6 Å². The average molecular weight is 281 g/mol. The minimum Gasteiger partial charge on any atom is -0.334 e. The van der Waals surface area contributed by atoms with Crippen LogP contribution in [0.15, 0.2) is 6.20 Å². The standard InChI is InChI=1S/C14H23N3OS/c1-10(2)17(9-12-6-4-5-7-15-12)14(18)13-8-16-11(3)19-13/h8,10,12,15H,4-7,9H2,1-3H3. The summed E-state index contributed by atoms with van der Waals surface area (Å²) in [5.41, 5.74) is 0. The van der Waals surface area contributed by atoms with Gasteiger partial charge in [-0.05, 0) is 40.2 Å². The summed E-state index contributed by atoms with van der Waals surface area (Å²) < 4.78 is 0. The molecule has 1 amide bonds. The fourth-order valence-electron chi connectivity index (χ4n) is 2.45. The van der Waals surface area contributed by atoms with Crippen LogP contribution in [0.2, 0.25) is 0 Å². The molecular formula is C14H23N3OS. The number of hydrogen-bond acceptors (Lipinski definition) is 4. The van der Waals surface area contributed by atoms with Crippen LogP contribution >= 0.6 is 11.3 Å². The Hall–Kier alpha value is -0.940. The van der Waals surface area contributed by atoms with Gasteiger partial charge in [-0.1, -0.05) is 6.42 Å². The van der Waals surface area contributed by atoms with Gasteiger partial charge >= 0.3 is 0 Å². The highest BCUT2D eigenvalue weighted by atomic mass is 32.1. The minimum absolute atomic E-state index is 0.118. The Morgan fingerprint density at radius 2 is 2.37 bits per heavy atom. The third-order valence-corrected chi connectivity index (χ3v) is 4.45. The van der Waals surface area contributed by atoms with E-state index >= 15 is 0 Å². The molecule has 2 rings (SSSR count). The van der Waals surface area contributed by atoms with Crippen molar-refractivity contribution in [2.75, 3.05) is 13.1 Å². The number of nitrogens with one attached hydrogen (secondary N) is 1. The van der Waals surface area contributed by atoms with Gasteiger partial charge in [0.1, 0.15) is 4.88 Å². The Balaban J connectivity index is 2.04. The molecule has 1 aromatic heterocycles. The monoisotopic (exact) mass is 281 g/mol. The third-order valence-electron chi connectivity index (χ3n) is 3.55. The van der Waals surface area contributed by atoms with Crippen molar-refractivity contribution in [1.29, 1.82) is 0 Å². The zero-order valence-electron chi connectivity index (χ0n) is 12.0. The molecule has 0 aromatic carbocycles. The van der Waals surface area contributed by atoms with E-state index in [0.717, 1.165) is 29.4 Å². The second-order valence-electron chi connectivity index (χ2n) is 5.44. The largest absolute Gasteiger partial charge is 0.334 e. The second kappa shape index (κ2) is 6.48. The van der Waals surface area contributed by atoms with Crippen LogP contribution in [0, 0.1) is 6.92 Å². The molecular weight excluding hydrogens is 258 g/mol. The van der Waals surface area contributed by atoms with Gasteiger partial charge in [0.15, 0.2) is 0 Å². The number of hydrogen-bond donors (Lipinski definition) is 1. The normalized spacial score (nSPS) is 19.7. The van der Waals surface area contributed by atoms with Gasteiger partial charge in [-0.3, -0.25) is 4.79 Å². The summed E-state index contributed by atoms with van der Waals surface area (Å²) in [6.45, 7) is 7.96. The molecule has 1 atom stereocenters. The summed E-state index contributed by atoms with van der Waals surface area (Å²) >= 11 is 1.48. The number of aryl methyl sites for hydroxylation is 1. The molecule has 5 heteroatoms. The summed E-state index contributed by atoms with van der Waals surface area (Å²) in [5.74, 6) is 0.118. The van der Waals surface area contributed by atoms with Crippen LogP contribution in [0.4, 0.5) is 0 Å². The van der Waals surface area contributed by atoms with Crippen LogP contribution < -0.4 is 5.32 Å². The van der Waals surface area contributed by atoms with Crippen molar-refractivity contribution in [2.45, 2.75) is 52.1 Å². The maximum absolute atomic E-state index is 12.5. The summed E-state index contributed by atoms with van der Waals surface area (Å²) in [7, 11) is 0. The topological polar surface area (TPSA) is 45.2 Å². The highest BCUT2D eigenvalue weighted by Crippen LogP contribution is 2.17. The van der Waals surface area contributed by atoms with E-state index in [4.69, 9.17) is 0 Å². The fraction of sp³-hybridized carbons (Fsp3) is 0.714. The molecule has 2 heterocycles. The number of carbonyl (C=O) groups excluding carboxylic acids is 1. The molecule has 0 bridgehead atoms. The molecule has 19 heavy (non-hydrogen) atoms. The number of amides is 1. The molecule has 1 aliphatic heterocycles. The van der Waals surface area contributed by atoms with E-state index in [1.165, 1.54) is 24.2 Å². The molecule has 0 radical (unpaired) electrons. The summed E-state index contributed by atoms with van der Waals surface area (Å²) in [4.78, 5) is 19.4. The lowest BCUT2D eigenvalue weighted by Crippen LogP contribution is -2.48. The lowest BCUT2D eigenvalue weighted by atomic mass is 10.0. The molecule has 1 aliphatic rings. The quantitative estimate of drug-likeness (QED) is 0.922. The van der Waals surface area contributed by atoms with E-state index < -0.39 is 0 Å². The molecule has 106 valence electrons. The molecule has 1 saturated heterocycles. The third kappa shape index (κ3) is 3.76. The van der Waals surface area contributed by atoms with E-state index in [2.05, 4.69) is 24.1 Å². The van der Waals surface area contributed by atoms with Crippen molar-refractivity contribution in [3.63, 3.8) is 0 Å². The number of nitrogens with zero attached hydrogens (tertiary/aromatic N) is 2. The predicted octanol–water partition coefficient (Wildman–Crippen LogP) is 2.44. The maximum atomic E-state index is 12.5. The molecule has 1 unspecified atom stereocenters. The molecule has 0 aliphatic carbocycles. The van der Waals surface area contributed by atoms with Crippen molar-refractivity contribution in [1.82, 2.24) is 15.2 Å². The van der Waals surface area contributed by atoms with Gasteiger partial charge in [-0.2, -0.15) is 0 Å². The number of aromatic nitrogens is 1. The first kappa shape index (κ1) is 14.5. The smallest absolute Gasteiger partial charge is 0.265 e. The van der Waals surface area contributed by atoms with Gasteiger partial charge in [0.25, 0.3) is 5.91 Å². The van der Waals surface area contributed by atoms with Crippen LogP contribution in [0.1, 0.15) is 47.8 Å². The van der Waals surface area contributed by atoms with Gasteiger partial charge < -0.3 is 10.2 Å². The Morgan fingerprint density at radius 1 is 1.58 bits per heavy atom. The molecule has 0 saturated carbocycles.